The van der Waals surface area contributed by atoms with Crippen molar-refractivity contribution in [2.24, 2.45) is 0 Å². The van der Waals surface area contributed by atoms with Crippen LogP contribution in [0.3, 0.4) is 0 Å². The number of methoxy groups -OCH3 is 1. The van der Waals surface area contributed by atoms with Gasteiger partial charge in [0, 0.05) is 37.8 Å². The number of nitrogens with one attached hydrogen (secondary N) is 1. The summed E-state index contributed by atoms with van der Waals surface area (Å²) in [6.45, 7) is 6.63. The maximum Gasteiger partial charge on any atom is 0.134 e. The first kappa shape index (κ1) is 19.2. The van der Waals surface area contributed by atoms with Crippen LogP contribution in [0, 0.1) is 13.8 Å². The van der Waals surface area contributed by atoms with Gasteiger partial charge in [-0.15, -0.1) is 0 Å². The van der Waals surface area contributed by atoms with E-state index in [1.54, 1.807) is 13.4 Å². The minimum atomic E-state index is 0.766. The van der Waals surface area contributed by atoms with Crippen LogP contribution in [0.15, 0.2) is 42.9 Å². The highest BCUT2D eigenvalue weighted by Gasteiger charge is 2.22. The lowest BCUT2D eigenvalue weighted by Crippen LogP contribution is -2.32. The topological polar surface area (TPSA) is 63.2 Å². The second-order valence-corrected chi connectivity index (χ2v) is 7.50. The van der Waals surface area contributed by atoms with Crippen molar-refractivity contribution in [1.29, 1.82) is 0 Å². The maximum atomic E-state index is 5.50. The number of ether oxygens (including phenoxy) is 1. The number of rotatable bonds is 6. The zero-order valence-corrected chi connectivity index (χ0v) is 17.3. The van der Waals surface area contributed by atoms with E-state index in [1.807, 2.05) is 12.3 Å². The molecule has 0 bridgehead atoms. The number of aromatic nitrogens is 3. The Balaban J connectivity index is 1.48. The number of aryl methyl sites for hydroxylation is 2. The van der Waals surface area contributed by atoms with Gasteiger partial charge in [0.15, 0.2) is 0 Å². The maximum absolute atomic E-state index is 5.50. The van der Waals surface area contributed by atoms with Crippen molar-refractivity contribution in [3.63, 3.8) is 0 Å². The highest BCUT2D eigenvalue weighted by Crippen LogP contribution is 2.26. The lowest BCUT2D eigenvalue weighted by atomic mass is 10.1. The number of benzene rings is 1. The van der Waals surface area contributed by atoms with E-state index in [4.69, 9.17) is 4.74 Å². The van der Waals surface area contributed by atoms with Crippen molar-refractivity contribution in [2.45, 2.75) is 33.2 Å². The molecule has 150 valence electrons. The first-order valence-corrected chi connectivity index (χ1v) is 10.0. The van der Waals surface area contributed by atoms with Crippen LogP contribution in [0.5, 0.6) is 5.75 Å². The normalized spacial score (nSPS) is 13.1. The third-order valence-corrected chi connectivity index (χ3v) is 5.34. The molecule has 0 fully saturated rings. The summed E-state index contributed by atoms with van der Waals surface area (Å²) < 4.78 is 5.50. The van der Waals surface area contributed by atoms with E-state index in [9.17, 15) is 0 Å². The van der Waals surface area contributed by atoms with Gasteiger partial charge in [-0.05, 0) is 43.5 Å². The molecule has 0 amide bonds. The van der Waals surface area contributed by atoms with Crippen LogP contribution in [0.4, 0.5) is 11.6 Å². The molecule has 3 aromatic rings. The van der Waals surface area contributed by atoms with Gasteiger partial charge in [0.2, 0.25) is 0 Å². The van der Waals surface area contributed by atoms with Gasteiger partial charge in [-0.3, -0.25) is 0 Å². The summed E-state index contributed by atoms with van der Waals surface area (Å²) in [5, 5.41) is 3.52. The van der Waals surface area contributed by atoms with Crippen molar-refractivity contribution in [2.75, 3.05) is 30.4 Å². The molecule has 0 saturated carbocycles. The molecular weight excluding hydrogens is 362 g/mol. The minimum absolute atomic E-state index is 0.766. The summed E-state index contributed by atoms with van der Waals surface area (Å²) in [7, 11) is 1.72. The zero-order chi connectivity index (χ0) is 20.2. The van der Waals surface area contributed by atoms with E-state index in [0.29, 0.717) is 0 Å². The molecule has 4 rings (SSSR count). The van der Waals surface area contributed by atoms with Crippen LogP contribution in [0.25, 0.3) is 0 Å². The SMILES string of the molecule is COc1ccc(C)cc1CCNc1ncnc2c1CN(c1ccc(C)cn1)CC2. The molecule has 3 heterocycles. The molecule has 6 nitrogen and oxygen atoms in total. The van der Waals surface area contributed by atoms with E-state index < -0.39 is 0 Å². The first-order chi connectivity index (χ1) is 14.1. The molecule has 0 spiro atoms. The summed E-state index contributed by atoms with van der Waals surface area (Å²) in [5.74, 6) is 2.85. The smallest absolute Gasteiger partial charge is 0.134 e. The van der Waals surface area contributed by atoms with Gasteiger partial charge in [0.05, 0.1) is 12.8 Å². The van der Waals surface area contributed by atoms with E-state index in [-0.39, 0.29) is 0 Å². The average Bonchev–Trinajstić information content (AvgIpc) is 2.74. The van der Waals surface area contributed by atoms with Crippen LogP contribution < -0.4 is 15.0 Å². The highest BCUT2D eigenvalue weighted by molar-refractivity contribution is 5.52. The van der Waals surface area contributed by atoms with Crippen molar-refractivity contribution in [3.05, 3.63) is 70.8 Å². The fourth-order valence-electron chi connectivity index (χ4n) is 3.75. The van der Waals surface area contributed by atoms with E-state index in [2.05, 4.69) is 63.3 Å². The average molecular weight is 390 g/mol. The lowest BCUT2D eigenvalue weighted by Gasteiger charge is -2.30. The minimum Gasteiger partial charge on any atom is -0.496 e. The van der Waals surface area contributed by atoms with Crippen LogP contribution in [-0.4, -0.2) is 35.2 Å². The molecule has 29 heavy (non-hydrogen) atoms. The molecular formula is C23H27N5O. The van der Waals surface area contributed by atoms with Crippen LogP contribution in [-0.2, 0) is 19.4 Å². The van der Waals surface area contributed by atoms with E-state index >= 15 is 0 Å². The first-order valence-electron chi connectivity index (χ1n) is 10.0. The van der Waals surface area contributed by atoms with Gasteiger partial charge in [0.25, 0.3) is 0 Å². The number of pyridine rings is 1. The fraction of sp³-hybridized carbons (Fsp3) is 0.348. The number of anilines is 2. The predicted octanol–water partition coefficient (Wildman–Crippen LogP) is 3.71. The molecule has 6 heteroatoms. The molecule has 0 aliphatic carbocycles. The molecule has 1 aliphatic rings. The largest absolute Gasteiger partial charge is 0.496 e. The number of fused-ring (bicyclic) bond motifs is 1. The van der Waals surface area contributed by atoms with E-state index in [0.717, 1.165) is 61.1 Å². The Morgan fingerprint density at radius 3 is 2.72 bits per heavy atom. The Kier molecular flexibility index (Phi) is 5.60. The van der Waals surface area contributed by atoms with Crippen molar-refractivity contribution >= 4 is 11.6 Å². The molecule has 0 saturated heterocycles. The van der Waals surface area contributed by atoms with Crippen molar-refractivity contribution < 1.29 is 4.74 Å². The predicted molar refractivity (Wildman–Crippen MR) is 116 cm³/mol. The highest BCUT2D eigenvalue weighted by atomic mass is 16.5. The standard InChI is InChI=1S/C23H27N5O/c1-16-4-6-21(29-3)18(12-16)8-10-24-23-19-14-28(11-9-20(19)26-15-27-23)22-7-5-17(2)13-25-22/h4-7,12-13,15H,8-11,14H2,1-3H3,(H,24,26,27). The van der Waals surface area contributed by atoms with Crippen LogP contribution >= 0.6 is 0 Å². The van der Waals surface area contributed by atoms with Gasteiger partial charge in [-0.2, -0.15) is 0 Å². The molecule has 0 atom stereocenters. The summed E-state index contributed by atoms with van der Waals surface area (Å²) in [6, 6.07) is 10.5. The second-order valence-electron chi connectivity index (χ2n) is 7.50. The molecule has 1 aliphatic heterocycles. The van der Waals surface area contributed by atoms with Gasteiger partial charge in [-0.25, -0.2) is 15.0 Å². The quantitative estimate of drug-likeness (QED) is 0.693. The molecule has 1 N–H and O–H groups in total. The Hall–Kier alpha value is -3.15. The molecule has 0 unspecified atom stereocenters. The van der Waals surface area contributed by atoms with Gasteiger partial charge in [0.1, 0.15) is 23.7 Å². The van der Waals surface area contributed by atoms with Crippen LogP contribution in [0.1, 0.15) is 27.9 Å². The second kappa shape index (κ2) is 8.47. The fourth-order valence-corrected chi connectivity index (χ4v) is 3.75. The summed E-state index contributed by atoms with van der Waals surface area (Å²) >= 11 is 0. The summed E-state index contributed by atoms with van der Waals surface area (Å²) in [6.07, 6.45) is 5.34. The number of nitrogens with zero attached hydrogens (tertiary/aromatic N) is 4. The van der Waals surface area contributed by atoms with Gasteiger partial charge in [-0.1, -0.05) is 23.8 Å². The third kappa shape index (κ3) is 4.31. The third-order valence-electron chi connectivity index (χ3n) is 5.34. The van der Waals surface area contributed by atoms with E-state index in [1.165, 1.54) is 16.7 Å². The summed E-state index contributed by atoms with van der Waals surface area (Å²) in [4.78, 5) is 15.9. The Morgan fingerprint density at radius 2 is 1.93 bits per heavy atom. The van der Waals surface area contributed by atoms with Crippen molar-refractivity contribution in [3.8, 4) is 5.75 Å². The molecule has 2 aromatic heterocycles. The number of hydrogen-bond acceptors (Lipinski definition) is 6. The summed E-state index contributed by atoms with van der Waals surface area (Å²) in [5.41, 5.74) is 5.90. The number of hydrogen-bond donors (Lipinski definition) is 1. The van der Waals surface area contributed by atoms with Crippen LogP contribution in [0.2, 0.25) is 0 Å². The molecule has 0 radical (unpaired) electrons. The zero-order valence-electron chi connectivity index (χ0n) is 17.3. The lowest BCUT2D eigenvalue weighted by molar-refractivity contribution is 0.410. The Morgan fingerprint density at radius 1 is 1.07 bits per heavy atom. The van der Waals surface area contributed by atoms with Gasteiger partial charge >= 0.3 is 0 Å². The Labute approximate surface area is 172 Å². The van der Waals surface area contributed by atoms with Crippen molar-refractivity contribution in [1.82, 2.24) is 15.0 Å². The van der Waals surface area contributed by atoms with Gasteiger partial charge < -0.3 is 15.0 Å². The molecule has 1 aromatic carbocycles. The Bertz CT molecular complexity index is 987. The monoisotopic (exact) mass is 389 g/mol.